The summed E-state index contributed by atoms with van der Waals surface area (Å²) in [5.41, 5.74) is 0.668. The third kappa shape index (κ3) is 4.69. The van der Waals surface area contributed by atoms with Gasteiger partial charge >= 0.3 is 0 Å². The van der Waals surface area contributed by atoms with Gasteiger partial charge in [0.05, 0.1) is 12.0 Å². The second-order valence-electron chi connectivity index (χ2n) is 8.39. The molecule has 1 amide bonds. The summed E-state index contributed by atoms with van der Waals surface area (Å²) < 4.78 is 25.4. The van der Waals surface area contributed by atoms with Crippen LogP contribution in [0.1, 0.15) is 44.1 Å². The van der Waals surface area contributed by atoms with E-state index in [0.29, 0.717) is 5.92 Å². The van der Waals surface area contributed by atoms with E-state index < -0.39 is 0 Å². The lowest BCUT2D eigenvalue weighted by molar-refractivity contribution is -0.137. The number of rotatable bonds is 7. The smallest absolute Gasteiger partial charge is 0.226 e. The van der Waals surface area contributed by atoms with Crippen LogP contribution in [0.15, 0.2) is 24.3 Å². The van der Waals surface area contributed by atoms with Gasteiger partial charge in [0.15, 0.2) is 0 Å². The van der Waals surface area contributed by atoms with E-state index >= 15 is 0 Å². The summed E-state index contributed by atoms with van der Waals surface area (Å²) in [5, 5.41) is 0. The Morgan fingerprint density at radius 3 is 2.81 bits per heavy atom. The van der Waals surface area contributed by atoms with Crippen LogP contribution in [-0.2, 0) is 20.7 Å². The van der Waals surface area contributed by atoms with Crippen LogP contribution in [0.3, 0.4) is 0 Å². The number of carbonyl (C=O) groups is 1. The zero-order valence-electron chi connectivity index (χ0n) is 16.0. The molecule has 1 aromatic rings. The summed E-state index contributed by atoms with van der Waals surface area (Å²) in [4.78, 5) is 14.5. The molecule has 5 heteroatoms. The molecule has 3 fully saturated rings. The summed E-state index contributed by atoms with van der Waals surface area (Å²) in [6, 6.07) is 6.32. The first kappa shape index (κ1) is 18.9. The molecule has 0 bridgehead atoms. The zero-order valence-corrected chi connectivity index (χ0v) is 16.0. The minimum absolute atomic E-state index is 0.0709. The third-order valence-electron chi connectivity index (χ3n) is 6.47. The average Bonchev–Trinajstić information content (AvgIpc) is 3.41. The fourth-order valence-electron chi connectivity index (χ4n) is 4.57. The molecule has 0 radical (unpaired) electrons. The molecule has 4 rings (SSSR count). The van der Waals surface area contributed by atoms with Crippen molar-refractivity contribution >= 4 is 5.91 Å². The minimum Gasteiger partial charge on any atom is -0.381 e. The van der Waals surface area contributed by atoms with Crippen molar-refractivity contribution in [2.75, 3.05) is 32.9 Å². The van der Waals surface area contributed by atoms with Crippen molar-refractivity contribution < 1.29 is 18.7 Å². The average molecular weight is 375 g/mol. The lowest BCUT2D eigenvalue weighted by atomic mass is 9.78. The van der Waals surface area contributed by atoms with Crippen molar-refractivity contribution in [2.45, 2.75) is 50.5 Å². The molecule has 148 valence electrons. The molecule has 2 saturated heterocycles. The number of likely N-dealkylation sites (tertiary alicyclic amines) is 1. The molecule has 1 spiro atoms. The normalized spacial score (nSPS) is 24.5. The molecule has 3 aliphatic rings. The van der Waals surface area contributed by atoms with E-state index in [1.165, 1.54) is 25.0 Å². The zero-order chi connectivity index (χ0) is 18.7. The topological polar surface area (TPSA) is 38.8 Å². The van der Waals surface area contributed by atoms with Crippen LogP contribution in [-0.4, -0.2) is 49.3 Å². The monoisotopic (exact) mass is 375 g/mol. The Labute approximate surface area is 161 Å². The molecule has 4 nitrogen and oxygen atoms in total. The van der Waals surface area contributed by atoms with Crippen LogP contribution >= 0.6 is 0 Å². The van der Waals surface area contributed by atoms with Gasteiger partial charge in [-0.05, 0) is 68.1 Å². The molecule has 1 saturated carbocycles. The molecule has 0 unspecified atom stereocenters. The summed E-state index contributed by atoms with van der Waals surface area (Å²) >= 11 is 0. The Morgan fingerprint density at radius 2 is 2.07 bits per heavy atom. The molecule has 0 N–H and O–H groups in total. The molecular weight excluding hydrogens is 345 g/mol. The van der Waals surface area contributed by atoms with Gasteiger partial charge in [0.25, 0.3) is 0 Å². The number of hydrogen-bond acceptors (Lipinski definition) is 3. The molecule has 2 heterocycles. The Hall–Kier alpha value is -1.46. The SMILES string of the molecule is O=C(Cc1cccc(F)c1)N1CCC2(CC1)OCC[C@@H]2CCOCC1CC1. The van der Waals surface area contributed by atoms with Gasteiger partial charge in [-0.1, -0.05) is 12.1 Å². The van der Waals surface area contributed by atoms with E-state index in [1.54, 1.807) is 6.07 Å². The highest BCUT2D eigenvalue weighted by molar-refractivity contribution is 5.78. The van der Waals surface area contributed by atoms with Crippen molar-refractivity contribution in [3.8, 4) is 0 Å². The number of halogens is 1. The predicted molar refractivity (Wildman–Crippen MR) is 101 cm³/mol. The van der Waals surface area contributed by atoms with Gasteiger partial charge in [-0.25, -0.2) is 4.39 Å². The van der Waals surface area contributed by atoms with Gasteiger partial charge in [-0.2, -0.15) is 0 Å². The van der Waals surface area contributed by atoms with Gasteiger partial charge in [0.2, 0.25) is 5.91 Å². The van der Waals surface area contributed by atoms with Crippen molar-refractivity contribution in [1.29, 1.82) is 0 Å². The molecule has 0 aromatic heterocycles. The Bertz CT molecular complexity index is 653. The Morgan fingerprint density at radius 1 is 1.26 bits per heavy atom. The number of amides is 1. The number of piperidine rings is 1. The lowest BCUT2D eigenvalue weighted by Gasteiger charge is -2.42. The fourth-order valence-corrected chi connectivity index (χ4v) is 4.57. The number of carbonyl (C=O) groups excluding carboxylic acids is 1. The number of nitrogens with zero attached hydrogens (tertiary/aromatic N) is 1. The molecule has 1 aliphatic carbocycles. The van der Waals surface area contributed by atoms with Crippen LogP contribution < -0.4 is 0 Å². The van der Waals surface area contributed by atoms with Gasteiger partial charge < -0.3 is 14.4 Å². The summed E-state index contributed by atoms with van der Waals surface area (Å²) in [6.07, 6.45) is 6.88. The maximum absolute atomic E-state index is 13.3. The highest BCUT2D eigenvalue weighted by Gasteiger charge is 2.46. The van der Waals surface area contributed by atoms with Crippen LogP contribution in [0.5, 0.6) is 0 Å². The van der Waals surface area contributed by atoms with E-state index in [2.05, 4.69) is 0 Å². The largest absolute Gasteiger partial charge is 0.381 e. The Balaban J connectivity index is 1.25. The van der Waals surface area contributed by atoms with Crippen molar-refractivity contribution in [3.63, 3.8) is 0 Å². The van der Waals surface area contributed by atoms with Crippen LogP contribution in [0.2, 0.25) is 0 Å². The van der Waals surface area contributed by atoms with Crippen LogP contribution in [0.4, 0.5) is 4.39 Å². The Kier molecular flexibility index (Phi) is 5.79. The summed E-state index contributed by atoms with van der Waals surface area (Å²) in [6.45, 7) is 4.03. The van der Waals surface area contributed by atoms with Crippen LogP contribution in [0.25, 0.3) is 0 Å². The van der Waals surface area contributed by atoms with Gasteiger partial charge in [0, 0.05) is 32.9 Å². The van der Waals surface area contributed by atoms with E-state index in [-0.39, 0.29) is 23.7 Å². The minimum atomic E-state index is -0.288. The van der Waals surface area contributed by atoms with Crippen molar-refractivity contribution in [3.05, 3.63) is 35.6 Å². The maximum atomic E-state index is 13.3. The molecule has 2 aliphatic heterocycles. The number of benzene rings is 1. The van der Waals surface area contributed by atoms with E-state index in [0.717, 1.165) is 70.1 Å². The van der Waals surface area contributed by atoms with Gasteiger partial charge in [-0.15, -0.1) is 0 Å². The first-order valence-electron chi connectivity index (χ1n) is 10.4. The first-order valence-corrected chi connectivity index (χ1v) is 10.4. The quantitative estimate of drug-likeness (QED) is 0.684. The van der Waals surface area contributed by atoms with E-state index in [9.17, 15) is 9.18 Å². The summed E-state index contributed by atoms with van der Waals surface area (Å²) in [5.74, 6) is 1.14. The van der Waals surface area contributed by atoms with Crippen molar-refractivity contribution in [2.24, 2.45) is 11.8 Å². The number of ether oxygens (including phenoxy) is 2. The second kappa shape index (κ2) is 8.27. The van der Waals surface area contributed by atoms with E-state index in [4.69, 9.17) is 9.47 Å². The van der Waals surface area contributed by atoms with E-state index in [1.807, 2.05) is 11.0 Å². The highest BCUT2D eigenvalue weighted by atomic mass is 19.1. The molecule has 1 atom stereocenters. The van der Waals surface area contributed by atoms with Crippen molar-refractivity contribution in [1.82, 2.24) is 4.90 Å². The first-order chi connectivity index (χ1) is 13.1. The van der Waals surface area contributed by atoms with Crippen LogP contribution in [0, 0.1) is 17.7 Å². The van der Waals surface area contributed by atoms with Gasteiger partial charge in [0.1, 0.15) is 5.82 Å². The van der Waals surface area contributed by atoms with Gasteiger partial charge in [-0.3, -0.25) is 4.79 Å². The standard InChI is InChI=1S/C22H30FNO3/c23-20-3-1-2-18(14-20)15-21(25)24-10-8-22(9-11-24)19(7-13-27-22)6-12-26-16-17-4-5-17/h1-3,14,17,19H,4-13,15-16H2/t19-/m0/s1. The molecule has 1 aromatic carbocycles. The fraction of sp³-hybridized carbons (Fsp3) is 0.682. The molecule has 27 heavy (non-hydrogen) atoms. The number of hydrogen-bond donors (Lipinski definition) is 0. The predicted octanol–water partition coefficient (Wildman–Crippen LogP) is 3.58. The maximum Gasteiger partial charge on any atom is 0.226 e. The second-order valence-corrected chi connectivity index (χ2v) is 8.39. The third-order valence-corrected chi connectivity index (χ3v) is 6.47. The highest BCUT2D eigenvalue weighted by Crippen LogP contribution is 2.42. The lowest BCUT2D eigenvalue weighted by Crippen LogP contribution is -2.50. The summed E-state index contributed by atoms with van der Waals surface area (Å²) in [7, 11) is 0. The molecular formula is C22H30FNO3.